The molecule has 0 saturated heterocycles. The predicted molar refractivity (Wildman–Crippen MR) is 75.2 cm³/mol. The highest BCUT2D eigenvalue weighted by Gasteiger charge is 2.24. The molecule has 0 aromatic heterocycles. The van der Waals surface area contributed by atoms with Crippen LogP contribution in [0.5, 0.6) is 0 Å². The van der Waals surface area contributed by atoms with E-state index in [0.29, 0.717) is 29.1 Å². The quantitative estimate of drug-likeness (QED) is 0.802. The monoisotopic (exact) mass is 335 g/mol. The summed E-state index contributed by atoms with van der Waals surface area (Å²) in [6, 6.07) is 5.23. The molecule has 0 bridgehead atoms. The number of likely N-dealkylation sites (N-methyl/N-ethyl adjacent to an activating group) is 1. The average molecular weight is 336 g/mol. The molecule has 0 aliphatic carbocycles. The number of rotatable bonds is 6. The largest absolute Gasteiger partial charge is 0.383 e. The number of methoxy groups -OCH3 is 1. The standard InChI is InChI=1S/C12H18BrNO3S/c1-4-14(7-8-17-3)18(15,16)12-6-5-10(2)9-11(12)13/h5-6,9H,4,7-8H2,1-3H3. The van der Waals surface area contributed by atoms with E-state index in [4.69, 9.17) is 4.74 Å². The second kappa shape index (κ2) is 6.65. The van der Waals surface area contributed by atoms with Crippen LogP contribution in [0.4, 0.5) is 0 Å². The Morgan fingerprint density at radius 1 is 1.39 bits per heavy atom. The number of sulfonamides is 1. The number of ether oxygens (including phenoxy) is 1. The summed E-state index contributed by atoms with van der Waals surface area (Å²) in [6.45, 7) is 4.90. The first-order valence-corrected chi connectivity index (χ1v) is 7.92. The number of aryl methyl sites for hydroxylation is 1. The van der Waals surface area contributed by atoms with Gasteiger partial charge in [0.1, 0.15) is 0 Å². The Kier molecular flexibility index (Phi) is 5.78. The maximum absolute atomic E-state index is 12.4. The summed E-state index contributed by atoms with van der Waals surface area (Å²) in [5, 5.41) is 0. The molecule has 1 rings (SSSR count). The Balaban J connectivity index is 3.10. The highest BCUT2D eigenvalue weighted by Crippen LogP contribution is 2.25. The van der Waals surface area contributed by atoms with E-state index in [1.54, 1.807) is 25.3 Å². The molecule has 0 unspecified atom stereocenters. The molecule has 0 spiro atoms. The third kappa shape index (κ3) is 3.54. The summed E-state index contributed by atoms with van der Waals surface area (Å²) in [5.41, 5.74) is 1.01. The van der Waals surface area contributed by atoms with E-state index < -0.39 is 10.0 Å². The third-order valence-electron chi connectivity index (χ3n) is 2.60. The second-order valence-corrected chi connectivity index (χ2v) is 6.68. The van der Waals surface area contributed by atoms with E-state index >= 15 is 0 Å². The first-order chi connectivity index (χ1) is 8.43. The molecule has 1 aromatic rings. The predicted octanol–water partition coefficient (Wildman–Crippen LogP) is 2.41. The summed E-state index contributed by atoms with van der Waals surface area (Å²) in [4.78, 5) is 0.297. The van der Waals surface area contributed by atoms with Crippen molar-refractivity contribution in [3.8, 4) is 0 Å². The molecule has 6 heteroatoms. The SMILES string of the molecule is CCN(CCOC)S(=O)(=O)c1ccc(C)cc1Br. The Labute approximate surface area is 117 Å². The molecule has 102 valence electrons. The minimum absolute atomic E-state index is 0.297. The van der Waals surface area contributed by atoms with Crippen molar-refractivity contribution >= 4 is 26.0 Å². The van der Waals surface area contributed by atoms with Crippen molar-refractivity contribution in [3.63, 3.8) is 0 Å². The highest BCUT2D eigenvalue weighted by molar-refractivity contribution is 9.10. The van der Waals surface area contributed by atoms with Gasteiger partial charge in [0.15, 0.2) is 0 Å². The fourth-order valence-corrected chi connectivity index (χ4v) is 4.18. The van der Waals surface area contributed by atoms with Gasteiger partial charge in [-0.3, -0.25) is 0 Å². The summed E-state index contributed by atoms with van der Waals surface area (Å²) in [6.07, 6.45) is 0. The van der Waals surface area contributed by atoms with E-state index in [0.717, 1.165) is 5.56 Å². The third-order valence-corrected chi connectivity index (χ3v) is 5.55. The zero-order valence-electron chi connectivity index (χ0n) is 10.8. The molecule has 1 aromatic carbocycles. The number of hydrogen-bond donors (Lipinski definition) is 0. The lowest BCUT2D eigenvalue weighted by Gasteiger charge is -2.20. The zero-order valence-corrected chi connectivity index (χ0v) is 13.2. The van der Waals surface area contributed by atoms with Crippen molar-refractivity contribution in [2.24, 2.45) is 0 Å². The lowest BCUT2D eigenvalue weighted by atomic mass is 10.2. The van der Waals surface area contributed by atoms with Gasteiger partial charge in [-0.2, -0.15) is 4.31 Å². The molecule has 0 saturated carbocycles. The molecule has 0 N–H and O–H groups in total. The number of nitrogens with zero attached hydrogens (tertiary/aromatic N) is 1. The molecule has 0 aliphatic rings. The molecule has 0 fully saturated rings. The Morgan fingerprint density at radius 3 is 2.56 bits per heavy atom. The van der Waals surface area contributed by atoms with Crippen molar-refractivity contribution in [3.05, 3.63) is 28.2 Å². The first kappa shape index (κ1) is 15.6. The number of hydrogen-bond acceptors (Lipinski definition) is 3. The summed E-state index contributed by atoms with van der Waals surface area (Å²) < 4.78 is 31.8. The lowest BCUT2D eigenvalue weighted by molar-refractivity contribution is 0.180. The van der Waals surface area contributed by atoms with Gasteiger partial charge in [0.05, 0.1) is 11.5 Å². The molecular formula is C12H18BrNO3S. The van der Waals surface area contributed by atoms with Crippen molar-refractivity contribution in [1.29, 1.82) is 0 Å². The van der Waals surface area contributed by atoms with Crippen molar-refractivity contribution < 1.29 is 13.2 Å². The van der Waals surface area contributed by atoms with Crippen LogP contribution in [0, 0.1) is 6.92 Å². The van der Waals surface area contributed by atoms with Crippen LogP contribution in [0.3, 0.4) is 0 Å². The molecule has 0 atom stereocenters. The van der Waals surface area contributed by atoms with Crippen LogP contribution >= 0.6 is 15.9 Å². The first-order valence-electron chi connectivity index (χ1n) is 5.68. The smallest absolute Gasteiger partial charge is 0.244 e. The van der Waals surface area contributed by atoms with Crippen LogP contribution in [-0.2, 0) is 14.8 Å². The molecule has 0 amide bonds. The summed E-state index contributed by atoms with van der Waals surface area (Å²) >= 11 is 3.31. The van der Waals surface area contributed by atoms with Gasteiger partial charge in [-0.05, 0) is 40.5 Å². The molecular weight excluding hydrogens is 318 g/mol. The van der Waals surface area contributed by atoms with Gasteiger partial charge in [0.2, 0.25) is 10.0 Å². The van der Waals surface area contributed by atoms with Crippen LogP contribution in [0.2, 0.25) is 0 Å². The van der Waals surface area contributed by atoms with Gasteiger partial charge in [-0.1, -0.05) is 13.0 Å². The Morgan fingerprint density at radius 2 is 2.06 bits per heavy atom. The Hall–Kier alpha value is -0.430. The molecule has 4 nitrogen and oxygen atoms in total. The van der Waals surface area contributed by atoms with Crippen LogP contribution in [0.1, 0.15) is 12.5 Å². The topological polar surface area (TPSA) is 46.6 Å². The molecule has 0 aliphatic heterocycles. The highest BCUT2D eigenvalue weighted by atomic mass is 79.9. The van der Waals surface area contributed by atoms with Crippen LogP contribution < -0.4 is 0 Å². The van der Waals surface area contributed by atoms with Crippen molar-refractivity contribution in [2.45, 2.75) is 18.7 Å². The molecule has 0 radical (unpaired) electrons. The fraction of sp³-hybridized carbons (Fsp3) is 0.500. The van der Waals surface area contributed by atoms with E-state index in [2.05, 4.69) is 15.9 Å². The molecule has 18 heavy (non-hydrogen) atoms. The van der Waals surface area contributed by atoms with E-state index in [9.17, 15) is 8.42 Å². The molecule has 0 heterocycles. The average Bonchev–Trinajstić information content (AvgIpc) is 2.29. The van der Waals surface area contributed by atoms with E-state index in [1.165, 1.54) is 4.31 Å². The maximum Gasteiger partial charge on any atom is 0.244 e. The minimum Gasteiger partial charge on any atom is -0.383 e. The summed E-state index contributed by atoms with van der Waals surface area (Å²) in [7, 11) is -1.91. The van der Waals surface area contributed by atoms with Gasteiger partial charge in [0, 0.05) is 24.7 Å². The number of halogens is 1. The number of benzene rings is 1. The van der Waals surface area contributed by atoms with Crippen LogP contribution in [-0.4, -0.2) is 39.5 Å². The minimum atomic E-state index is -3.46. The van der Waals surface area contributed by atoms with Crippen molar-refractivity contribution in [1.82, 2.24) is 4.31 Å². The van der Waals surface area contributed by atoms with E-state index in [1.807, 2.05) is 13.8 Å². The zero-order chi connectivity index (χ0) is 13.8. The fourth-order valence-electron chi connectivity index (χ4n) is 1.60. The van der Waals surface area contributed by atoms with Gasteiger partial charge in [-0.25, -0.2) is 8.42 Å². The van der Waals surface area contributed by atoms with Gasteiger partial charge in [-0.15, -0.1) is 0 Å². The van der Waals surface area contributed by atoms with Crippen molar-refractivity contribution in [2.75, 3.05) is 26.8 Å². The summed E-state index contributed by atoms with van der Waals surface area (Å²) in [5.74, 6) is 0. The van der Waals surface area contributed by atoms with Gasteiger partial charge >= 0.3 is 0 Å². The second-order valence-electron chi connectivity index (χ2n) is 3.92. The normalized spacial score (nSPS) is 12.1. The van der Waals surface area contributed by atoms with Crippen LogP contribution in [0.25, 0.3) is 0 Å². The lowest BCUT2D eigenvalue weighted by Crippen LogP contribution is -2.33. The maximum atomic E-state index is 12.4. The van der Waals surface area contributed by atoms with E-state index in [-0.39, 0.29) is 0 Å². The van der Waals surface area contributed by atoms with Gasteiger partial charge < -0.3 is 4.74 Å². The van der Waals surface area contributed by atoms with Crippen LogP contribution in [0.15, 0.2) is 27.6 Å². The van der Waals surface area contributed by atoms with Gasteiger partial charge in [0.25, 0.3) is 0 Å². The Bertz CT molecular complexity index is 502.